The van der Waals surface area contributed by atoms with Crippen LogP contribution in [0.15, 0.2) is 24.3 Å². The van der Waals surface area contributed by atoms with E-state index in [9.17, 15) is 9.59 Å². The second kappa shape index (κ2) is 8.40. The van der Waals surface area contributed by atoms with E-state index in [2.05, 4.69) is 5.32 Å². The van der Waals surface area contributed by atoms with Crippen molar-refractivity contribution in [3.63, 3.8) is 0 Å². The summed E-state index contributed by atoms with van der Waals surface area (Å²) in [5, 5.41) is 3.93. The highest BCUT2D eigenvalue weighted by Crippen LogP contribution is 2.31. The number of carbonyl (C=O) groups excluding carboxylic acids is 2. The molecule has 2 aliphatic rings. The molecule has 1 saturated heterocycles. The number of piperidine rings is 1. The summed E-state index contributed by atoms with van der Waals surface area (Å²) in [7, 11) is 1.68. The highest BCUT2D eigenvalue weighted by molar-refractivity contribution is 6.30. The van der Waals surface area contributed by atoms with E-state index in [1.54, 1.807) is 12.0 Å². The fraction of sp³-hybridized carbons (Fsp3) is 0.600. The van der Waals surface area contributed by atoms with E-state index in [-0.39, 0.29) is 23.3 Å². The minimum Gasteiger partial charge on any atom is -0.382 e. The minimum absolute atomic E-state index is 0.0533. The molecule has 1 aliphatic carbocycles. The van der Waals surface area contributed by atoms with Crippen molar-refractivity contribution in [1.29, 1.82) is 0 Å². The van der Waals surface area contributed by atoms with E-state index in [1.807, 2.05) is 24.3 Å². The lowest BCUT2D eigenvalue weighted by Gasteiger charge is -2.35. The summed E-state index contributed by atoms with van der Waals surface area (Å²) in [5.74, 6) is 0.00311. The van der Waals surface area contributed by atoms with E-state index in [0.29, 0.717) is 37.6 Å². The molecule has 1 saturated carbocycles. The summed E-state index contributed by atoms with van der Waals surface area (Å²) in [6, 6.07) is 7.49. The van der Waals surface area contributed by atoms with Gasteiger partial charge >= 0.3 is 0 Å². The van der Waals surface area contributed by atoms with E-state index in [1.165, 1.54) is 0 Å². The molecule has 1 atom stereocenters. The number of hydrogen-bond donors (Lipinski definition) is 1. The number of nitrogens with one attached hydrogen (secondary N) is 1. The maximum absolute atomic E-state index is 12.9. The van der Waals surface area contributed by atoms with Crippen LogP contribution in [0.4, 0.5) is 0 Å². The molecule has 2 fully saturated rings. The van der Waals surface area contributed by atoms with Gasteiger partial charge < -0.3 is 15.0 Å². The lowest BCUT2D eigenvalue weighted by molar-refractivity contribution is -0.139. The maximum Gasteiger partial charge on any atom is 0.225 e. The van der Waals surface area contributed by atoms with Crippen LogP contribution >= 0.6 is 11.6 Å². The van der Waals surface area contributed by atoms with Gasteiger partial charge in [-0.1, -0.05) is 36.6 Å². The van der Waals surface area contributed by atoms with Gasteiger partial charge in [0.2, 0.25) is 11.8 Å². The molecule has 142 valence electrons. The predicted octanol–water partition coefficient (Wildman–Crippen LogP) is 3.15. The predicted molar refractivity (Wildman–Crippen MR) is 101 cm³/mol. The monoisotopic (exact) mass is 378 g/mol. The number of halogens is 1. The van der Waals surface area contributed by atoms with Gasteiger partial charge in [0.05, 0.1) is 18.1 Å². The molecule has 2 amide bonds. The zero-order chi connectivity index (χ0) is 18.6. The first-order chi connectivity index (χ1) is 12.5. The molecule has 1 aromatic rings. The van der Waals surface area contributed by atoms with Crippen LogP contribution in [-0.4, -0.2) is 42.5 Å². The lowest BCUT2D eigenvalue weighted by Crippen LogP contribution is -2.54. The van der Waals surface area contributed by atoms with E-state index >= 15 is 0 Å². The third-order valence-corrected chi connectivity index (χ3v) is 5.78. The van der Waals surface area contributed by atoms with E-state index in [4.69, 9.17) is 16.3 Å². The van der Waals surface area contributed by atoms with Gasteiger partial charge in [-0.25, -0.2) is 0 Å². The molecule has 0 aromatic heterocycles. The number of likely N-dealkylation sites (tertiary alicyclic amines) is 1. The molecule has 0 radical (unpaired) electrons. The van der Waals surface area contributed by atoms with Crippen molar-refractivity contribution in [3.05, 3.63) is 34.9 Å². The summed E-state index contributed by atoms with van der Waals surface area (Å²) in [5.41, 5.74) is 0.796. The lowest BCUT2D eigenvalue weighted by atomic mass is 9.92. The molecule has 1 N–H and O–H groups in total. The van der Waals surface area contributed by atoms with Crippen LogP contribution in [-0.2, 0) is 20.9 Å². The van der Waals surface area contributed by atoms with Crippen LogP contribution in [0.2, 0.25) is 5.02 Å². The molecule has 0 spiro atoms. The Morgan fingerprint density at radius 2 is 2.00 bits per heavy atom. The molecule has 6 heteroatoms. The number of methoxy groups -OCH3 is 1. The third-order valence-electron chi connectivity index (χ3n) is 5.53. The Balaban J connectivity index is 1.62. The first kappa shape index (κ1) is 19.2. The van der Waals surface area contributed by atoms with Crippen LogP contribution in [0.1, 0.15) is 44.1 Å². The molecule has 1 aliphatic heterocycles. The van der Waals surface area contributed by atoms with Gasteiger partial charge in [0.1, 0.15) is 0 Å². The zero-order valence-corrected chi connectivity index (χ0v) is 16.1. The largest absolute Gasteiger partial charge is 0.382 e. The normalized spacial score (nSPS) is 22.5. The summed E-state index contributed by atoms with van der Waals surface area (Å²) in [6.07, 6.45) is 5.21. The van der Waals surface area contributed by atoms with Gasteiger partial charge in [0.15, 0.2) is 0 Å². The molecule has 3 rings (SSSR count). The van der Waals surface area contributed by atoms with Gasteiger partial charge in [0, 0.05) is 31.6 Å². The smallest absolute Gasteiger partial charge is 0.225 e. The summed E-state index contributed by atoms with van der Waals surface area (Å²) in [4.78, 5) is 26.9. The average Bonchev–Trinajstić information content (AvgIpc) is 3.07. The number of amides is 2. The quantitative estimate of drug-likeness (QED) is 0.827. The second-order valence-electron chi connectivity index (χ2n) is 7.55. The summed E-state index contributed by atoms with van der Waals surface area (Å²) < 4.78 is 5.35. The van der Waals surface area contributed by atoms with Crippen LogP contribution in [0.3, 0.4) is 0 Å². The summed E-state index contributed by atoms with van der Waals surface area (Å²) in [6.45, 7) is 1.54. The first-order valence-electron chi connectivity index (χ1n) is 9.34. The topological polar surface area (TPSA) is 58.6 Å². The Labute approximate surface area is 160 Å². The zero-order valence-electron chi connectivity index (χ0n) is 15.3. The van der Waals surface area contributed by atoms with Crippen LogP contribution in [0.5, 0.6) is 0 Å². The van der Waals surface area contributed by atoms with Crippen LogP contribution < -0.4 is 5.32 Å². The standard InChI is InChI=1S/C20H27ClN2O3/c1-26-14-20(10-2-3-11-20)22-19(25)16-6-9-18(24)23(13-16)12-15-4-7-17(21)8-5-15/h4-5,7-8,16H,2-3,6,9-14H2,1H3,(H,22,25). The van der Waals surface area contributed by atoms with Crippen molar-refractivity contribution < 1.29 is 14.3 Å². The molecule has 5 nitrogen and oxygen atoms in total. The van der Waals surface area contributed by atoms with Crippen LogP contribution in [0.25, 0.3) is 0 Å². The highest BCUT2D eigenvalue weighted by Gasteiger charge is 2.38. The molecular weight excluding hydrogens is 352 g/mol. The number of nitrogens with zero attached hydrogens (tertiary/aromatic N) is 1. The van der Waals surface area contributed by atoms with Crippen molar-refractivity contribution in [2.45, 2.75) is 50.6 Å². The van der Waals surface area contributed by atoms with Gasteiger partial charge in [-0.2, -0.15) is 0 Å². The van der Waals surface area contributed by atoms with E-state index in [0.717, 1.165) is 31.2 Å². The van der Waals surface area contributed by atoms with Crippen LogP contribution in [0, 0.1) is 5.92 Å². The molecule has 1 unspecified atom stereocenters. The highest BCUT2D eigenvalue weighted by atomic mass is 35.5. The number of benzene rings is 1. The van der Waals surface area contributed by atoms with E-state index < -0.39 is 0 Å². The number of hydrogen-bond acceptors (Lipinski definition) is 3. The van der Waals surface area contributed by atoms with Crippen molar-refractivity contribution in [1.82, 2.24) is 10.2 Å². The Morgan fingerprint density at radius 1 is 1.31 bits per heavy atom. The molecular formula is C20H27ClN2O3. The number of rotatable bonds is 6. The fourth-order valence-corrected chi connectivity index (χ4v) is 4.21. The molecule has 26 heavy (non-hydrogen) atoms. The van der Waals surface area contributed by atoms with Gasteiger partial charge in [0.25, 0.3) is 0 Å². The Kier molecular flexibility index (Phi) is 6.20. The van der Waals surface area contributed by atoms with Gasteiger partial charge in [-0.3, -0.25) is 9.59 Å². The molecule has 1 heterocycles. The number of ether oxygens (including phenoxy) is 1. The average molecular weight is 379 g/mol. The fourth-order valence-electron chi connectivity index (χ4n) is 4.09. The Bertz CT molecular complexity index is 641. The van der Waals surface area contributed by atoms with Gasteiger partial charge in [-0.05, 0) is 37.0 Å². The summed E-state index contributed by atoms with van der Waals surface area (Å²) >= 11 is 5.92. The van der Waals surface area contributed by atoms with Crippen molar-refractivity contribution in [2.75, 3.05) is 20.3 Å². The third kappa shape index (κ3) is 4.57. The van der Waals surface area contributed by atoms with Gasteiger partial charge in [-0.15, -0.1) is 0 Å². The van der Waals surface area contributed by atoms with Crippen molar-refractivity contribution in [3.8, 4) is 0 Å². The second-order valence-corrected chi connectivity index (χ2v) is 7.98. The SMILES string of the molecule is COCC1(NC(=O)C2CCC(=O)N(Cc3ccc(Cl)cc3)C2)CCCC1. The minimum atomic E-state index is -0.228. The first-order valence-corrected chi connectivity index (χ1v) is 9.72. The number of carbonyl (C=O) groups is 2. The Hall–Kier alpha value is -1.59. The maximum atomic E-state index is 12.9. The molecule has 1 aromatic carbocycles. The van der Waals surface area contributed by atoms with Crippen molar-refractivity contribution in [2.24, 2.45) is 5.92 Å². The Morgan fingerprint density at radius 3 is 2.65 bits per heavy atom. The molecule has 0 bridgehead atoms. The van der Waals surface area contributed by atoms with Crippen molar-refractivity contribution >= 4 is 23.4 Å².